The molecule has 0 amide bonds. The van der Waals surface area contributed by atoms with Crippen LogP contribution in [0.15, 0.2) is 12.2 Å². The van der Waals surface area contributed by atoms with Crippen LogP contribution in [0.5, 0.6) is 0 Å². The van der Waals surface area contributed by atoms with E-state index in [0.717, 1.165) is 12.8 Å². The molecule has 0 heterocycles. The molecule has 20 heavy (non-hydrogen) atoms. The van der Waals surface area contributed by atoms with E-state index >= 15 is 0 Å². The van der Waals surface area contributed by atoms with E-state index in [1.165, 1.54) is 77.0 Å². The Morgan fingerprint density at radius 1 is 0.600 bits per heavy atom. The van der Waals surface area contributed by atoms with E-state index in [1.807, 2.05) is 0 Å². The van der Waals surface area contributed by atoms with Crippen molar-refractivity contribution in [3.05, 3.63) is 12.2 Å². The van der Waals surface area contributed by atoms with Crippen LogP contribution in [0.25, 0.3) is 0 Å². The van der Waals surface area contributed by atoms with Gasteiger partial charge in [-0.05, 0) is 25.7 Å². The zero-order valence-electron chi connectivity index (χ0n) is 14.2. The van der Waals surface area contributed by atoms with E-state index in [2.05, 4.69) is 19.1 Å². The fourth-order valence-corrected chi connectivity index (χ4v) is 2.35. The molecule has 0 aliphatic heterocycles. The van der Waals surface area contributed by atoms with E-state index in [-0.39, 0.29) is 25.5 Å². The van der Waals surface area contributed by atoms with Crippen molar-refractivity contribution in [3.63, 3.8) is 0 Å². The molecule has 0 spiro atoms. The Balaban J connectivity index is 0. The third-order valence-electron chi connectivity index (χ3n) is 3.66. The van der Waals surface area contributed by atoms with Crippen molar-refractivity contribution in [3.8, 4) is 0 Å². The molecule has 0 aromatic rings. The summed E-state index contributed by atoms with van der Waals surface area (Å²) in [5, 5.41) is 10.3. The summed E-state index contributed by atoms with van der Waals surface area (Å²) in [6.07, 6.45) is 22.9. The molecule has 2 heteroatoms. The van der Waals surface area contributed by atoms with Gasteiger partial charge in [0.05, 0.1) is 0 Å². The van der Waals surface area contributed by atoms with Gasteiger partial charge in [0.2, 0.25) is 0 Å². The van der Waals surface area contributed by atoms with E-state index < -0.39 is 0 Å². The molecular formula is C18H35LiO. The van der Waals surface area contributed by atoms with Crippen LogP contribution >= 0.6 is 0 Å². The smallest absolute Gasteiger partial charge is 0.854 e. The standard InChI is InChI=1S/C18H35O.Li/c1-2-3-4-5-6-7-8-9-10-11-12-13-14-15-16-17-18-19;/h9-10H,2-8,11-18H2,1H3;/q-1;+1/b10-9-;. The first-order valence-corrected chi connectivity index (χ1v) is 8.65. The predicted octanol–water partition coefficient (Wildman–Crippen LogP) is 2.39. The van der Waals surface area contributed by atoms with E-state index in [0.29, 0.717) is 0 Å². The van der Waals surface area contributed by atoms with Crippen molar-refractivity contribution in [2.24, 2.45) is 0 Å². The minimum Gasteiger partial charge on any atom is -0.854 e. The summed E-state index contributed by atoms with van der Waals surface area (Å²) in [5.74, 6) is 0. The van der Waals surface area contributed by atoms with Crippen molar-refractivity contribution in [2.75, 3.05) is 6.61 Å². The zero-order valence-corrected chi connectivity index (χ0v) is 14.2. The van der Waals surface area contributed by atoms with Crippen LogP contribution in [0.2, 0.25) is 0 Å². The third-order valence-corrected chi connectivity index (χ3v) is 3.66. The monoisotopic (exact) mass is 274 g/mol. The van der Waals surface area contributed by atoms with Crippen LogP contribution in [-0.4, -0.2) is 6.61 Å². The normalized spacial score (nSPS) is 10.9. The molecule has 0 rings (SSSR count). The maximum absolute atomic E-state index is 10.3. The molecule has 0 aliphatic rings. The van der Waals surface area contributed by atoms with E-state index in [9.17, 15) is 5.11 Å². The van der Waals surface area contributed by atoms with E-state index in [1.54, 1.807) is 0 Å². The van der Waals surface area contributed by atoms with Gasteiger partial charge in [-0.25, -0.2) is 0 Å². The van der Waals surface area contributed by atoms with Gasteiger partial charge in [-0.15, -0.1) is 6.61 Å². The van der Waals surface area contributed by atoms with E-state index in [4.69, 9.17) is 0 Å². The van der Waals surface area contributed by atoms with Crippen LogP contribution < -0.4 is 24.0 Å². The van der Waals surface area contributed by atoms with Gasteiger partial charge < -0.3 is 5.11 Å². The average Bonchev–Trinajstić information content (AvgIpc) is 2.43. The Labute approximate surface area is 139 Å². The van der Waals surface area contributed by atoms with Crippen LogP contribution in [0, 0.1) is 0 Å². The molecule has 0 bridgehead atoms. The van der Waals surface area contributed by atoms with Gasteiger partial charge in [-0.1, -0.05) is 83.3 Å². The number of hydrogen-bond acceptors (Lipinski definition) is 1. The zero-order chi connectivity index (χ0) is 14.0. The maximum atomic E-state index is 10.3. The van der Waals surface area contributed by atoms with Gasteiger partial charge in [0.1, 0.15) is 0 Å². The number of unbranched alkanes of at least 4 members (excludes halogenated alkanes) is 12. The minimum atomic E-state index is 0. The number of allylic oxidation sites excluding steroid dienone is 2. The van der Waals surface area contributed by atoms with Crippen LogP contribution in [0.3, 0.4) is 0 Å². The second kappa shape index (κ2) is 21.6. The van der Waals surface area contributed by atoms with Crippen LogP contribution in [-0.2, 0) is 0 Å². The van der Waals surface area contributed by atoms with Gasteiger partial charge in [0.15, 0.2) is 0 Å². The van der Waals surface area contributed by atoms with Crippen molar-refractivity contribution in [2.45, 2.75) is 96.8 Å². The fraction of sp³-hybridized carbons (Fsp3) is 0.889. The molecule has 1 nitrogen and oxygen atoms in total. The summed E-state index contributed by atoms with van der Waals surface area (Å²) in [6.45, 7) is 2.38. The SMILES string of the molecule is CCCCCCCC/C=C\CCCCCCCC[O-].[Li+]. The molecule has 0 aromatic carbocycles. The summed E-state index contributed by atoms with van der Waals surface area (Å²) in [5.41, 5.74) is 0. The molecule has 114 valence electrons. The van der Waals surface area contributed by atoms with Crippen molar-refractivity contribution in [1.82, 2.24) is 0 Å². The topological polar surface area (TPSA) is 23.1 Å². The van der Waals surface area contributed by atoms with Crippen molar-refractivity contribution < 1.29 is 24.0 Å². The Bertz CT molecular complexity index is 180. The van der Waals surface area contributed by atoms with Gasteiger partial charge >= 0.3 is 18.9 Å². The molecule has 0 fully saturated rings. The average molecular weight is 274 g/mol. The first kappa shape index (κ1) is 22.6. The number of hydrogen-bond donors (Lipinski definition) is 0. The largest absolute Gasteiger partial charge is 1.00 e. The Hall–Kier alpha value is 0.297. The van der Waals surface area contributed by atoms with Gasteiger partial charge in [-0.3, -0.25) is 0 Å². The quantitative estimate of drug-likeness (QED) is 0.255. The molecule has 0 unspecified atom stereocenters. The summed E-state index contributed by atoms with van der Waals surface area (Å²) >= 11 is 0. The summed E-state index contributed by atoms with van der Waals surface area (Å²) < 4.78 is 0. The Kier molecular flexibility index (Phi) is 24.4. The first-order valence-electron chi connectivity index (χ1n) is 8.65. The van der Waals surface area contributed by atoms with Crippen LogP contribution in [0.4, 0.5) is 0 Å². The van der Waals surface area contributed by atoms with Crippen LogP contribution in [0.1, 0.15) is 96.8 Å². The van der Waals surface area contributed by atoms with Gasteiger partial charge in [-0.2, -0.15) is 0 Å². The Morgan fingerprint density at radius 2 is 1.00 bits per heavy atom. The molecular weight excluding hydrogens is 239 g/mol. The molecule has 0 aliphatic carbocycles. The van der Waals surface area contributed by atoms with Crippen molar-refractivity contribution >= 4 is 0 Å². The van der Waals surface area contributed by atoms with Gasteiger partial charge in [0, 0.05) is 0 Å². The third kappa shape index (κ3) is 20.6. The summed E-state index contributed by atoms with van der Waals surface area (Å²) in [4.78, 5) is 0. The molecule has 0 N–H and O–H groups in total. The second-order valence-electron chi connectivity index (χ2n) is 5.64. The molecule has 0 atom stereocenters. The summed E-state index contributed by atoms with van der Waals surface area (Å²) in [7, 11) is 0. The Morgan fingerprint density at radius 3 is 1.45 bits per heavy atom. The molecule has 0 saturated heterocycles. The second-order valence-corrected chi connectivity index (χ2v) is 5.64. The predicted molar refractivity (Wildman–Crippen MR) is 84.3 cm³/mol. The summed E-state index contributed by atoms with van der Waals surface area (Å²) in [6, 6.07) is 0. The minimum absolute atomic E-state index is 0. The molecule has 0 radical (unpaired) electrons. The van der Waals surface area contributed by atoms with Gasteiger partial charge in [0.25, 0.3) is 0 Å². The number of rotatable bonds is 15. The fourth-order valence-electron chi connectivity index (χ4n) is 2.35. The maximum Gasteiger partial charge on any atom is 1.00 e. The first-order chi connectivity index (χ1) is 9.41. The molecule has 0 saturated carbocycles. The molecule has 0 aromatic heterocycles. The van der Waals surface area contributed by atoms with Crippen molar-refractivity contribution in [1.29, 1.82) is 0 Å².